The van der Waals surface area contributed by atoms with Gasteiger partial charge in [0.25, 0.3) is 0 Å². The van der Waals surface area contributed by atoms with Gasteiger partial charge < -0.3 is 5.32 Å². The van der Waals surface area contributed by atoms with E-state index in [2.05, 4.69) is 10.3 Å². The number of pyridine rings is 1. The summed E-state index contributed by atoms with van der Waals surface area (Å²) in [6, 6.07) is 10.9. The molecule has 1 heterocycles. The molecule has 1 unspecified atom stereocenters. The van der Waals surface area contributed by atoms with Crippen LogP contribution in [0.15, 0.2) is 53.7 Å². The minimum atomic E-state index is -0.210. The van der Waals surface area contributed by atoms with Gasteiger partial charge in [-0.2, -0.15) is 0 Å². The van der Waals surface area contributed by atoms with E-state index in [9.17, 15) is 4.79 Å². The molecule has 3 nitrogen and oxygen atoms in total. The lowest BCUT2D eigenvalue weighted by Gasteiger charge is -2.12. The van der Waals surface area contributed by atoms with Crippen LogP contribution in [0.25, 0.3) is 0 Å². The first-order valence-electron chi connectivity index (χ1n) is 5.79. The molecule has 0 bridgehead atoms. The number of nitrogens with one attached hydrogen (secondary N) is 1. The number of benzene rings is 1. The van der Waals surface area contributed by atoms with Crippen molar-refractivity contribution in [2.75, 3.05) is 5.32 Å². The van der Waals surface area contributed by atoms with Crippen LogP contribution in [0.3, 0.4) is 0 Å². The smallest absolute Gasteiger partial charge is 0.237 e. The number of rotatable bonds is 4. The molecule has 1 amide bonds. The van der Waals surface area contributed by atoms with E-state index < -0.39 is 0 Å². The molecule has 0 spiro atoms. The van der Waals surface area contributed by atoms with Crippen LogP contribution in [0, 0.1) is 0 Å². The van der Waals surface area contributed by atoms with Crippen LogP contribution in [-0.2, 0) is 4.79 Å². The number of anilines is 1. The number of carbonyl (C=O) groups excluding carboxylic acids is 1. The Hall–Kier alpha value is -1.52. The molecule has 19 heavy (non-hydrogen) atoms. The van der Waals surface area contributed by atoms with Crippen LogP contribution in [0.2, 0.25) is 5.02 Å². The molecule has 0 aliphatic rings. The molecule has 0 aliphatic heterocycles. The van der Waals surface area contributed by atoms with E-state index in [1.54, 1.807) is 24.5 Å². The van der Waals surface area contributed by atoms with E-state index in [4.69, 9.17) is 11.6 Å². The van der Waals surface area contributed by atoms with Gasteiger partial charge in [-0.1, -0.05) is 23.7 Å². The first kappa shape index (κ1) is 13.9. The standard InChI is InChI=1S/C14H13ClN2OS/c1-10(19-11-6-8-16-9-7-11)14(18)17-13-5-3-2-4-12(13)15/h2-10H,1H3,(H,17,18). The van der Waals surface area contributed by atoms with Gasteiger partial charge in [-0.3, -0.25) is 9.78 Å². The highest BCUT2D eigenvalue weighted by molar-refractivity contribution is 8.00. The maximum Gasteiger partial charge on any atom is 0.237 e. The van der Waals surface area contributed by atoms with Gasteiger partial charge in [0, 0.05) is 17.3 Å². The maximum atomic E-state index is 12.1. The van der Waals surface area contributed by atoms with Gasteiger partial charge >= 0.3 is 0 Å². The predicted octanol–water partition coefficient (Wildman–Crippen LogP) is 3.85. The number of nitrogens with zero attached hydrogens (tertiary/aromatic N) is 1. The summed E-state index contributed by atoms with van der Waals surface area (Å²) in [5.41, 5.74) is 0.636. The molecule has 5 heteroatoms. The molecular formula is C14H13ClN2OS. The number of carbonyl (C=O) groups is 1. The molecule has 0 saturated carbocycles. The van der Waals surface area contributed by atoms with Gasteiger partial charge in [-0.05, 0) is 31.2 Å². The highest BCUT2D eigenvalue weighted by Crippen LogP contribution is 2.25. The van der Waals surface area contributed by atoms with Gasteiger partial charge in [0.2, 0.25) is 5.91 Å². The van der Waals surface area contributed by atoms with Crippen molar-refractivity contribution in [1.82, 2.24) is 4.98 Å². The molecule has 1 aromatic heterocycles. The van der Waals surface area contributed by atoms with Crippen LogP contribution in [0.1, 0.15) is 6.92 Å². The van der Waals surface area contributed by atoms with Crippen LogP contribution < -0.4 is 5.32 Å². The summed E-state index contributed by atoms with van der Waals surface area (Å²) in [6.07, 6.45) is 3.42. The van der Waals surface area contributed by atoms with Crippen molar-refractivity contribution in [3.63, 3.8) is 0 Å². The summed E-state index contributed by atoms with van der Waals surface area (Å²) in [5.74, 6) is -0.0742. The van der Waals surface area contributed by atoms with E-state index in [0.29, 0.717) is 10.7 Å². The summed E-state index contributed by atoms with van der Waals surface area (Å²) < 4.78 is 0. The summed E-state index contributed by atoms with van der Waals surface area (Å²) in [6.45, 7) is 1.86. The van der Waals surface area contributed by atoms with Gasteiger partial charge in [0.15, 0.2) is 0 Å². The van der Waals surface area contributed by atoms with Crippen molar-refractivity contribution in [2.24, 2.45) is 0 Å². The Labute approximate surface area is 121 Å². The third-order valence-corrected chi connectivity index (χ3v) is 3.91. The van der Waals surface area contributed by atoms with Crippen molar-refractivity contribution in [1.29, 1.82) is 0 Å². The largest absolute Gasteiger partial charge is 0.324 e. The normalized spacial score (nSPS) is 11.9. The molecule has 1 atom stereocenters. The highest BCUT2D eigenvalue weighted by atomic mass is 35.5. The van der Waals surface area contributed by atoms with Gasteiger partial charge in [0.05, 0.1) is 16.0 Å². The SMILES string of the molecule is CC(Sc1ccncc1)C(=O)Nc1ccccc1Cl. The lowest BCUT2D eigenvalue weighted by molar-refractivity contribution is -0.115. The third kappa shape index (κ3) is 3.98. The fourth-order valence-corrected chi connectivity index (χ4v) is 2.51. The Kier molecular flexibility index (Phi) is 4.82. The van der Waals surface area contributed by atoms with Crippen molar-refractivity contribution in [2.45, 2.75) is 17.1 Å². The quantitative estimate of drug-likeness (QED) is 0.870. The van der Waals surface area contributed by atoms with Crippen molar-refractivity contribution < 1.29 is 4.79 Å². The molecule has 98 valence electrons. The van der Waals surface area contributed by atoms with E-state index in [1.807, 2.05) is 31.2 Å². The Morgan fingerprint density at radius 2 is 1.95 bits per heavy atom. The molecule has 0 aliphatic carbocycles. The minimum Gasteiger partial charge on any atom is -0.324 e. The second-order valence-electron chi connectivity index (χ2n) is 3.91. The van der Waals surface area contributed by atoms with Crippen LogP contribution >= 0.6 is 23.4 Å². The zero-order valence-electron chi connectivity index (χ0n) is 10.3. The number of hydrogen-bond acceptors (Lipinski definition) is 3. The zero-order chi connectivity index (χ0) is 13.7. The number of hydrogen-bond donors (Lipinski definition) is 1. The molecule has 2 aromatic rings. The Morgan fingerprint density at radius 3 is 2.63 bits per heavy atom. The first-order chi connectivity index (χ1) is 9.16. The average molecular weight is 293 g/mol. The molecular weight excluding hydrogens is 280 g/mol. The Balaban J connectivity index is 1.99. The zero-order valence-corrected chi connectivity index (χ0v) is 11.9. The Bertz CT molecular complexity index is 562. The van der Waals surface area contributed by atoms with Crippen molar-refractivity contribution in [3.05, 3.63) is 53.8 Å². The fourth-order valence-electron chi connectivity index (χ4n) is 1.47. The fraction of sp³-hybridized carbons (Fsp3) is 0.143. The maximum absolute atomic E-state index is 12.1. The molecule has 1 aromatic carbocycles. The van der Waals surface area contributed by atoms with Gasteiger partial charge in [-0.15, -0.1) is 11.8 Å². The number of para-hydroxylation sites is 1. The highest BCUT2D eigenvalue weighted by Gasteiger charge is 2.15. The van der Waals surface area contributed by atoms with E-state index in [0.717, 1.165) is 4.90 Å². The van der Waals surface area contributed by atoms with Crippen LogP contribution in [-0.4, -0.2) is 16.1 Å². The summed E-state index contributed by atoms with van der Waals surface area (Å²) in [7, 11) is 0. The number of halogens is 1. The monoisotopic (exact) mass is 292 g/mol. The second kappa shape index (κ2) is 6.59. The topological polar surface area (TPSA) is 42.0 Å². The van der Waals surface area contributed by atoms with Crippen molar-refractivity contribution >= 4 is 35.0 Å². The molecule has 2 rings (SSSR count). The lowest BCUT2D eigenvalue weighted by Crippen LogP contribution is -2.22. The summed E-state index contributed by atoms with van der Waals surface area (Å²) >= 11 is 7.49. The molecule has 1 N–H and O–H groups in total. The molecule has 0 fully saturated rings. The number of thioether (sulfide) groups is 1. The van der Waals surface area contributed by atoms with E-state index in [-0.39, 0.29) is 11.2 Å². The number of aromatic nitrogens is 1. The summed E-state index contributed by atoms with van der Waals surface area (Å²) in [5, 5.41) is 3.15. The number of amides is 1. The average Bonchev–Trinajstić information content (AvgIpc) is 2.42. The Morgan fingerprint density at radius 1 is 1.26 bits per heavy atom. The summed E-state index contributed by atoms with van der Waals surface area (Å²) in [4.78, 5) is 17.0. The van der Waals surface area contributed by atoms with Gasteiger partial charge in [-0.25, -0.2) is 0 Å². The minimum absolute atomic E-state index is 0.0742. The molecule has 0 radical (unpaired) electrons. The van der Waals surface area contributed by atoms with E-state index in [1.165, 1.54) is 11.8 Å². The van der Waals surface area contributed by atoms with E-state index >= 15 is 0 Å². The second-order valence-corrected chi connectivity index (χ2v) is 5.73. The van der Waals surface area contributed by atoms with Gasteiger partial charge in [0.1, 0.15) is 0 Å². The van der Waals surface area contributed by atoms with Crippen molar-refractivity contribution in [3.8, 4) is 0 Å². The third-order valence-electron chi connectivity index (χ3n) is 2.46. The van der Waals surface area contributed by atoms with Crippen LogP contribution in [0.4, 0.5) is 5.69 Å². The van der Waals surface area contributed by atoms with Crippen LogP contribution in [0.5, 0.6) is 0 Å². The first-order valence-corrected chi connectivity index (χ1v) is 7.04. The molecule has 0 saturated heterocycles. The predicted molar refractivity (Wildman–Crippen MR) is 79.6 cm³/mol. The lowest BCUT2D eigenvalue weighted by atomic mass is 10.3.